The number of benzene rings is 1. The van der Waals surface area contributed by atoms with Crippen molar-refractivity contribution < 1.29 is 19.8 Å². The summed E-state index contributed by atoms with van der Waals surface area (Å²) in [6, 6.07) is 4.63. The molecular weight excluding hydrogens is 294 g/mol. The van der Waals surface area contributed by atoms with Gasteiger partial charge in [-0.15, -0.1) is 0 Å². The van der Waals surface area contributed by atoms with Crippen LogP contribution in [0.4, 0.5) is 5.69 Å². The Labute approximate surface area is 122 Å². The number of phenols is 1. The first-order chi connectivity index (χ1) is 10.4. The molecule has 0 saturated heterocycles. The fourth-order valence-electron chi connectivity index (χ4n) is 1.71. The summed E-state index contributed by atoms with van der Waals surface area (Å²) in [7, 11) is 0. The van der Waals surface area contributed by atoms with Gasteiger partial charge in [-0.1, -0.05) is 0 Å². The number of H-pyrrole nitrogens is 1. The molecule has 0 unspecified atom stereocenters. The molecule has 114 valence electrons. The van der Waals surface area contributed by atoms with E-state index in [-0.39, 0.29) is 17.8 Å². The Morgan fingerprint density at radius 3 is 2.59 bits per heavy atom. The Hall–Kier alpha value is -3.36. The summed E-state index contributed by atoms with van der Waals surface area (Å²) in [6.07, 6.45) is 1.17. The highest BCUT2D eigenvalue weighted by Crippen LogP contribution is 2.21. The van der Waals surface area contributed by atoms with Crippen molar-refractivity contribution in [2.24, 2.45) is 0 Å². The second-order valence-electron chi connectivity index (χ2n) is 4.32. The van der Waals surface area contributed by atoms with E-state index in [0.717, 1.165) is 22.8 Å². The highest BCUT2D eigenvalue weighted by atomic mass is 16.4. The zero-order chi connectivity index (χ0) is 16.3. The van der Waals surface area contributed by atoms with Gasteiger partial charge in [0, 0.05) is 18.0 Å². The third-order valence-corrected chi connectivity index (χ3v) is 2.72. The number of rotatable bonds is 4. The number of aromatic carboxylic acids is 1. The van der Waals surface area contributed by atoms with Gasteiger partial charge in [0.2, 0.25) is 5.91 Å². The minimum Gasteiger partial charge on any atom is -0.507 e. The Kier molecular flexibility index (Phi) is 4.07. The molecule has 0 aliphatic heterocycles. The van der Waals surface area contributed by atoms with Gasteiger partial charge in [-0.2, -0.15) is 0 Å². The zero-order valence-corrected chi connectivity index (χ0v) is 11.1. The highest BCUT2D eigenvalue weighted by molar-refractivity contribution is 5.95. The molecule has 0 fully saturated rings. The van der Waals surface area contributed by atoms with Gasteiger partial charge >= 0.3 is 11.7 Å². The second-order valence-corrected chi connectivity index (χ2v) is 4.32. The van der Waals surface area contributed by atoms with Crippen LogP contribution in [0.5, 0.6) is 5.75 Å². The molecule has 1 aromatic heterocycles. The monoisotopic (exact) mass is 305 g/mol. The largest absolute Gasteiger partial charge is 0.507 e. The summed E-state index contributed by atoms with van der Waals surface area (Å²) in [4.78, 5) is 47.0. The standard InChI is InChI=1S/C13H11N3O6/c17-9-2-1-7(5-8(9)12(20)21)14-11(19)6-16-4-3-10(18)15-13(16)22/h1-5,17H,6H2,(H,14,19)(H,20,21)(H,15,18,22). The molecule has 0 saturated carbocycles. The van der Waals surface area contributed by atoms with Crippen LogP contribution < -0.4 is 16.6 Å². The third kappa shape index (κ3) is 3.39. The minimum atomic E-state index is -1.34. The normalized spacial score (nSPS) is 10.2. The smallest absolute Gasteiger partial charge is 0.339 e. The van der Waals surface area contributed by atoms with Crippen molar-refractivity contribution in [2.75, 3.05) is 5.32 Å². The molecule has 0 spiro atoms. The number of amides is 1. The Morgan fingerprint density at radius 1 is 1.23 bits per heavy atom. The van der Waals surface area contributed by atoms with Gasteiger partial charge in [0.1, 0.15) is 17.9 Å². The number of hydrogen-bond acceptors (Lipinski definition) is 5. The highest BCUT2D eigenvalue weighted by Gasteiger charge is 2.12. The van der Waals surface area contributed by atoms with Gasteiger partial charge in [-0.3, -0.25) is 19.1 Å². The number of aromatic nitrogens is 2. The molecule has 0 radical (unpaired) electrons. The molecule has 9 heteroatoms. The quantitative estimate of drug-likeness (QED) is 0.565. The average molecular weight is 305 g/mol. The summed E-state index contributed by atoms with van der Waals surface area (Å²) in [5, 5.41) is 20.6. The molecule has 0 bridgehead atoms. The van der Waals surface area contributed by atoms with Gasteiger partial charge in [-0.25, -0.2) is 9.59 Å². The Morgan fingerprint density at radius 2 is 1.95 bits per heavy atom. The summed E-state index contributed by atoms with van der Waals surface area (Å²) in [5.74, 6) is -2.37. The lowest BCUT2D eigenvalue weighted by atomic mass is 10.2. The molecule has 4 N–H and O–H groups in total. The molecule has 0 atom stereocenters. The number of carboxylic acids is 1. The van der Waals surface area contributed by atoms with Crippen LogP contribution in [0, 0.1) is 0 Å². The number of aromatic amines is 1. The van der Waals surface area contributed by atoms with Gasteiger partial charge in [0.15, 0.2) is 0 Å². The second kappa shape index (κ2) is 5.95. The minimum absolute atomic E-state index is 0.151. The van der Waals surface area contributed by atoms with Crippen LogP contribution in [0.1, 0.15) is 10.4 Å². The van der Waals surface area contributed by atoms with Crippen molar-refractivity contribution in [3.8, 4) is 5.75 Å². The van der Waals surface area contributed by atoms with E-state index in [2.05, 4.69) is 5.32 Å². The first-order valence-corrected chi connectivity index (χ1v) is 6.03. The summed E-state index contributed by atoms with van der Waals surface area (Å²) >= 11 is 0. The topological polar surface area (TPSA) is 141 Å². The molecule has 0 aliphatic rings. The molecule has 0 aliphatic carbocycles. The summed E-state index contributed by atoms with van der Waals surface area (Å²) in [6.45, 7) is -0.362. The molecule has 2 rings (SSSR count). The first-order valence-electron chi connectivity index (χ1n) is 6.03. The third-order valence-electron chi connectivity index (χ3n) is 2.72. The van der Waals surface area contributed by atoms with Crippen LogP contribution in [0.3, 0.4) is 0 Å². The maximum atomic E-state index is 11.8. The van der Waals surface area contributed by atoms with Crippen molar-refractivity contribution in [3.05, 3.63) is 56.9 Å². The van der Waals surface area contributed by atoms with Crippen molar-refractivity contribution in [2.45, 2.75) is 6.54 Å². The number of carboxylic acid groups (broad SMARTS) is 1. The lowest BCUT2D eigenvalue weighted by molar-refractivity contribution is -0.116. The SMILES string of the molecule is O=C(Cn1ccc(=O)[nH]c1=O)Nc1ccc(O)c(C(=O)O)c1. The lowest BCUT2D eigenvalue weighted by Gasteiger charge is -2.08. The number of hydrogen-bond donors (Lipinski definition) is 4. The van der Waals surface area contributed by atoms with Crippen LogP contribution in [0.25, 0.3) is 0 Å². The molecule has 1 heterocycles. The Bertz CT molecular complexity index is 851. The van der Waals surface area contributed by atoms with Crippen LogP contribution in [-0.2, 0) is 11.3 Å². The fourth-order valence-corrected chi connectivity index (χ4v) is 1.71. The van der Waals surface area contributed by atoms with Crippen molar-refractivity contribution >= 4 is 17.6 Å². The predicted molar refractivity (Wildman–Crippen MR) is 75.0 cm³/mol. The van der Waals surface area contributed by atoms with Crippen LogP contribution in [-0.4, -0.2) is 31.6 Å². The first kappa shape index (κ1) is 15.0. The predicted octanol–water partition coefficient (Wildman–Crippen LogP) is -0.421. The van der Waals surface area contributed by atoms with Crippen molar-refractivity contribution in [1.29, 1.82) is 0 Å². The number of carbonyl (C=O) groups is 2. The molecule has 22 heavy (non-hydrogen) atoms. The van der Waals surface area contributed by atoms with Crippen molar-refractivity contribution in [3.63, 3.8) is 0 Å². The maximum Gasteiger partial charge on any atom is 0.339 e. The van der Waals surface area contributed by atoms with Crippen LogP contribution >= 0.6 is 0 Å². The van der Waals surface area contributed by atoms with E-state index in [1.807, 2.05) is 4.98 Å². The molecule has 2 aromatic rings. The molecule has 1 amide bonds. The number of carbonyl (C=O) groups excluding carboxylic acids is 1. The lowest BCUT2D eigenvalue weighted by Crippen LogP contribution is -2.32. The number of nitrogens with one attached hydrogen (secondary N) is 2. The van der Waals surface area contributed by atoms with Gasteiger partial charge in [0.05, 0.1) is 0 Å². The van der Waals surface area contributed by atoms with Crippen LogP contribution in [0.15, 0.2) is 40.1 Å². The molecule has 9 nitrogen and oxygen atoms in total. The van der Waals surface area contributed by atoms with E-state index < -0.39 is 28.9 Å². The van der Waals surface area contributed by atoms with E-state index in [9.17, 15) is 24.3 Å². The number of aromatic hydroxyl groups is 1. The van der Waals surface area contributed by atoms with E-state index in [0.29, 0.717) is 0 Å². The van der Waals surface area contributed by atoms with Gasteiger partial charge in [0.25, 0.3) is 5.56 Å². The summed E-state index contributed by atoms with van der Waals surface area (Å²) < 4.78 is 0.981. The number of nitrogens with zero attached hydrogens (tertiary/aromatic N) is 1. The van der Waals surface area contributed by atoms with Gasteiger partial charge in [-0.05, 0) is 18.2 Å². The van der Waals surface area contributed by atoms with Crippen molar-refractivity contribution in [1.82, 2.24) is 9.55 Å². The zero-order valence-electron chi connectivity index (χ0n) is 11.1. The Balaban J connectivity index is 2.15. The van der Waals surface area contributed by atoms with Gasteiger partial charge < -0.3 is 15.5 Å². The van der Waals surface area contributed by atoms with E-state index in [1.54, 1.807) is 0 Å². The fraction of sp³-hybridized carbons (Fsp3) is 0.0769. The van der Waals surface area contributed by atoms with E-state index >= 15 is 0 Å². The van der Waals surface area contributed by atoms with E-state index in [1.165, 1.54) is 12.3 Å². The molecule has 1 aromatic carbocycles. The average Bonchev–Trinajstić information content (AvgIpc) is 2.44. The molecular formula is C13H11N3O6. The number of anilines is 1. The van der Waals surface area contributed by atoms with E-state index in [4.69, 9.17) is 5.11 Å². The van der Waals surface area contributed by atoms with Crippen LogP contribution in [0.2, 0.25) is 0 Å². The summed E-state index contributed by atoms with van der Waals surface area (Å²) in [5.41, 5.74) is -1.53. The maximum absolute atomic E-state index is 11.8.